The van der Waals surface area contributed by atoms with E-state index in [0.29, 0.717) is 12.8 Å². The zero-order valence-corrected chi connectivity index (χ0v) is 31.9. The van der Waals surface area contributed by atoms with Gasteiger partial charge in [0.1, 0.15) is 6.10 Å². The van der Waals surface area contributed by atoms with Crippen molar-refractivity contribution < 1.29 is 20.1 Å². The van der Waals surface area contributed by atoms with E-state index in [1.165, 1.54) is 128 Å². The van der Waals surface area contributed by atoms with Gasteiger partial charge in [0.05, 0.1) is 18.8 Å². The van der Waals surface area contributed by atoms with Gasteiger partial charge in [0.2, 0.25) is 5.91 Å². The van der Waals surface area contributed by atoms with Crippen LogP contribution in [-0.4, -0.2) is 46.1 Å². The molecular formula is C43H81NO4. The number of nitrogens with one attached hydrogen (secondary N) is 1. The summed E-state index contributed by atoms with van der Waals surface area (Å²) in [5.74, 6) is -0.164. The van der Waals surface area contributed by atoms with Crippen molar-refractivity contribution in [1.29, 1.82) is 0 Å². The zero-order valence-electron chi connectivity index (χ0n) is 31.9. The normalized spacial score (nSPS) is 14.0. The quantitative estimate of drug-likeness (QED) is 0.0390. The Morgan fingerprint density at radius 1 is 0.521 bits per heavy atom. The van der Waals surface area contributed by atoms with Gasteiger partial charge in [-0.05, 0) is 70.6 Å². The predicted octanol–water partition coefficient (Wildman–Crippen LogP) is 11.6. The lowest BCUT2D eigenvalue weighted by Crippen LogP contribution is -2.50. The fourth-order valence-electron chi connectivity index (χ4n) is 6.19. The largest absolute Gasteiger partial charge is 0.394 e. The van der Waals surface area contributed by atoms with Gasteiger partial charge in [0, 0.05) is 6.42 Å². The van der Waals surface area contributed by atoms with Crippen molar-refractivity contribution in [1.82, 2.24) is 5.32 Å². The Balaban J connectivity index is 3.67. The number of aliphatic hydroxyl groups excluding tert-OH is 3. The van der Waals surface area contributed by atoms with Crippen molar-refractivity contribution in [3.8, 4) is 0 Å². The van der Waals surface area contributed by atoms with Gasteiger partial charge in [-0.2, -0.15) is 0 Å². The molecule has 4 N–H and O–H groups in total. The molecular weight excluding hydrogens is 594 g/mol. The number of rotatable bonds is 37. The van der Waals surface area contributed by atoms with Crippen LogP contribution in [0.3, 0.4) is 0 Å². The van der Waals surface area contributed by atoms with Crippen molar-refractivity contribution >= 4 is 5.91 Å². The summed E-state index contributed by atoms with van der Waals surface area (Å²) in [6.45, 7) is 4.14. The molecule has 0 aromatic heterocycles. The van der Waals surface area contributed by atoms with Gasteiger partial charge in [-0.15, -0.1) is 0 Å². The topological polar surface area (TPSA) is 89.8 Å². The van der Waals surface area contributed by atoms with Gasteiger partial charge in [0.15, 0.2) is 0 Å². The van der Waals surface area contributed by atoms with Crippen molar-refractivity contribution in [3.05, 3.63) is 36.5 Å². The van der Waals surface area contributed by atoms with Crippen LogP contribution in [0.1, 0.15) is 206 Å². The molecule has 3 atom stereocenters. The number of aliphatic hydroxyl groups is 3. The second-order valence-corrected chi connectivity index (χ2v) is 14.2. The lowest BCUT2D eigenvalue weighted by atomic mass is 10.0. The summed E-state index contributed by atoms with van der Waals surface area (Å²) >= 11 is 0. The van der Waals surface area contributed by atoms with Crippen molar-refractivity contribution in [2.24, 2.45) is 0 Å². The highest BCUT2D eigenvalue weighted by molar-refractivity contribution is 5.76. The van der Waals surface area contributed by atoms with Crippen molar-refractivity contribution in [3.63, 3.8) is 0 Å². The van der Waals surface area contributed by atoms with Crippen LogP contribution in [0.4, 0.5) is 0 Å². The first-order chi connectivity index (χ1) is 23.6. The number of allylic oxidation sites excluding steroid dienone is 6. The SMILES string of the molecule is CCCCCCCC/C=C/CCCC(O)C(O)C(CO)NC(=O)CCCCCCCCC/C=C\C/C=C\CCCCCCCCCCC. The first-order valence-corrected chi connectivity index (χ1v) is 20.8. The molecule has 0 radical (unpaired) electrons. The van der Waals surface area contributed by atoms with E-state index in [1.807, 2.05) is 0 Å². The molecule has 0 fully saturated rings. The van der Waals surface area contributed by atoms with Gasteiger partial charge < -0.3 is 20.6 Å². The summed E-state index contributed by atoms with van der Waals surface area (Å²) in [6, 6.07) is -0.828. The lowest BCUT2D eigenvalue weighted by molar-refractivity contribution is -0.124. The lowest BCUT2D eigenvalue weighted by Gasteiger charge is -2.26. The average molecular weight is 676 g/mol. The molecule has 5 heteroatoms. The van der Waals surface area contributed by atoms with E-state index < -0.39 is 18.2 Å². The highest BCUT2D eigenvalue weighted by Crippen LogP contribution is 2.14. The van der Waals surface area contributed by atoms with Crippen LogP contribution in [0.2, 0.25) is 0 Å². The van der Waals surface area contributed by atoms with Gasteiger partial charge in [-0.3, -0.25) is 4.79 Å². The molecule has 0 aromatic carbocycles. The highest BCUT2D eigenvalue weighted by atomic mass is 16.3. The smallest absolute Gasteiger partial charge is 0.220 e. The van der Waals surface area contributed by atoms with Gasteiger partial charge >= 0.3 is 0 Å². The van der Waals surface area contributed by atoms with E-state index in [2.05, 4.69) is 55.6 Å². The average Bonchev–Trinajstić information content (AvgIpc) is 3.09. The number of carbonyl (C=O) groups is 1. The molecule has 0 saturated heterocycles. The van der Waals surface area contributed by atoms with Gasteiger partial charge in [-0.1, -0.05) is 166 Å². The summed E-state index contributed by atoms with van der Waals surface area (Å²) in [6.07, 6.45) is 46.8. The van der Waals surface area contributed by atoms with Crippen LogP contribution in [0, 0.1) is 0 Å². The van der Waals surface area contributed by atoms with E-state index in [4.69, 9.17) is 0 Å². The van der Waals surface area contributed by atoms with E-state index in [1.54, 1.807) is 0 Å². The Hall–Kier alpha value is -1.43. The van der Waals surface area contributed by atoms with Gasteiger partial charge in [0.25, 0.3) is 0 Å². The molecule has 0 spiro atoms. The third-order valence-corrected chi connectivity index (χ3v) is 9.47. The monoisotopic (exact) mass is 676 g/mol. The number of hydrogen-bond donors (Lipinski definition) is 4. The molecule has 0 aliphatic heterocycles. The summed E-state index contributed by atoms with van der Waals surface area (Å²) in [5.41, 5.74) is 0. The first-order valence-electron chi connectivity index (χ1n) is 20.8. The predicted molar refractivity (Wildman–Crippen MR) is 208 cm³/mol. The highest BCUT2D eigenvalue weighted by Gasteiger charge is 2.26. The van der Waals surface area contributed by atoms with Crippen LogP contribution in [0.15, 0.2) is 36.5 Å². The summed E-state index contributed by atoms with van der Waals surface area (Å²) in [7, 11) is 0. The molecule has 0 aromatic rings. The molecule has 0 aliphatic carbocycles. The molecule has 0 bridgehead atoms. The minimum atomic E-state index is -1.16. The van der Waals surface area contributed by atoms with E-state index in [-0.39, 0.29) is 12.5 Å². The Morgan fingerprint density at radius 3 is 1.33 bits per heavy atom. The number of hydrogen-bond acceptors (Lipinski definition) is 4. The second kappa shape index (κ2) is 38.4. The minimum Gasteiger partial charge on any atom is -0.394 e. The maximum absolute atomic E-state index is 12.4. The third kappa shape index (κ3) is 33.1. The first kappa shape index (κ1) is 46.6. The van der Waals surface area contributed by atoms with Crippen molar-refractivity contribution in [2.75, 3.05) is 6.61 Å². The Bertz CT molecular complexity index is 749. The third-order valence-electron chi connectivity index (χ3n) is 9.47. The molecule has 48 heavy (non-hydrogen) atoms. The van der Waals surface area contributed by atoms with E-state index in [0.717, 1.165) is 51.4 Å². The molecule has 0 aliphatic rings. The summed E-state index contributed by atoms with van der Waals surface area (Å²) < 4.78 is 0. The molecule has 0 heterocycles. The van der Waals surface area contributed by atoms with E-state index in [9.17, 15) is 20.1 Å². The maximum atomic E-state index is 12.4. The molecule has 1 amide bonds. The Morgan fingerprint density at radius 2 is 0.896 bits per heavy atom. The van der Waals surface area contributed by atoms with Crippen LogP contribution in [-0.2, 0) is 4.79 Å². The summed E-state index contributed by atoms with van der Waals surface area (Å²) in [5, 5.41) is 33.3. The second-order valence-electron chi connectivity index (χ2n) is 14.2. The van der Waals surface area contributed by atoms with Crippen molar-refractivity contribution in [2.45, 2.75) is 225 Å². The fourth-order valence-corrected chi connectivity index (χ4v) is 6.19. The van der Waals surface area contributed by atoms with Crippen LogP contribution < -0.4 is 5.32 Å². The maximum Gasteiger partial charge on any atom is 0.220 e. The molecule has 5 nitrogen and oxygen atoms in total. The molecule has 282 valence electrons. The number of carbonyl (C=O) groups excluding carboxylic acids is 1. The van der Waals surface area contributed by atoms with E-state index >= 15 is 0 Å². The molecule has 0 rings (SSSR count). The fraction of sp³-hybridized carbons (Fsp3) is 0.837. The molecule has 3 unspecified atom stereocenters. The Kier molecular flexibility index (Phi) is 37.2. The number of amides is 1. The van der Waals surface area contributed by atoms with Crippen LogP contribution in [0.25, 0.3) is 0 Å². The van der Waals surface area contributed by atoms with Gasteiger partial charge in [-0.25, -0.2) is 0 Å². The standard InChI is InChI=1S/C43H81NO4/c1-3-5-7-9-11-13-15-16-17-18-19-20-21-22-23-24-25-26-28-30-32-34-36-38-42(47)44-40(39-45)43(48)41(46)37-35-33-31-29-27-14-12-10-8-6-4-2/h19-20,22-23,29,31,40-41,43,45-46,48H,3-18,21,24-28,30,32-39H2,1-2H3,(H,44,47)/b20-19-,23-22-,31-29+. The number of unbranched alkanes of at least 4 members (excludes halogenated alkanes) is 23. The minimum absolute atomic E-state index is 0.164. The summed E-state index contributed by atoms with van der Waals surface area (Å²) in [4.78, 5) is 12.4. The Labute approximate surface area is 298 Å². The van der Waals surface area contributed by atoms with Crippen LogP contribution in [0.5, 0.6) is 0 Å². The van der Waals surface area contributed by atoms with Crippen LogP contribution >= 0.6 is 0 Å². The molecule has 0 saturated carbocycles. The zero-order chi connectivity index (χ0) is 35.2.